The summed E-state index contributed by atoms with van der Waals surface area (Å²) in [4.78, 5) is 27.5. The first-order chi connectivity index (χ1) is 11.9. The van der Waals surface area contributed by atoms with Crippen molar-refractivity contribution in [3.63, 3.8) is 0 Å². The van der Waals surface area contributed by atoms with Gasteiger partial charge >= 0.3 is 0 Å². The lowest BCUT2D eigenvalue weighted by molar-refractivity contribution is -0.129. The Balaban J connectivity index is 2.47. The van der Waals surface area contributed by atoms with E-state index < -0.39 is 0 Å². The highest BCUT2D eigenvalue weighted by Crippen LogP contribution is 2.27. The predicted molar refractivity (Wildman–Crippen MR) is 97.1 cm³/mol. The molecule has 0 heterocycles. The van der Waals surface area contributed by atoms with Crippen LogP contribution in [0.1, 0.15) is 12.5 Å². The van der Waals surface area contributed by atoms with Crippen molar-refractivity contribution < 1.29 is 19.1 Å². The second kappa shape index (κ2) is 10.6. The predicted octanol–water partition coefficient (Wildman–Crippen LogP) is 0.773. The molecule has 1 N–H and O–H groups in total. The fraction of sp³-hybridized carbons (Fsp3) is 0.556. The lowest BCUT2D eigenvalue weighted by atomic mass is 10.1. The van der Waals surface area contributed by atoms with Gasteiger partial charge in [0.2, 0.25) is 11.8 Å². The fourth-order valence-electron chi connectivity index (χ4n) is 2.32. The van der Waals surface area contributed by atoms with Gasteiger partial charge in [0.15, 0.2) is 11.5 Å². The van der Waals surface area contributed by atoms with E-state index in [-0.39, 0.29) is 18.2 Å². The molecule has 7 heteroatoms. The van der Waals surface area contributed by atoms with Crippen LogP contribution < -0.4 is 14.8 Å². The highest BCUT2D eigenvalue weighted by atomic mass is 16.5. The van der Waals surface area contributed by atoms with E-state index in [1.54, 1.807) is 38.2 Å². The number of ether oxygens (including phenoxy) is 2. The van der Waals surface area contributed by atoms with Crippen LogP contribution in [-0.4, -0.2) is 76.1 Å². The molecule has 0 saturated heterocycles. The smallest absolute Gasteiger partial charge is 0.224 e. The van der Waals surface area contributed by atoms with Crippen LogP contribution in [0.2, 0.25) is 0 Å². The molecule has 1 rings (SSSR count). The summed E-state index contributed by atoms with van der Waals surface area (Å²) in [6, 6.07) is 5.40. The van der Waals surface area contributed by atoms with E-state index in [0.717, 1.165) is 12.1 Å². The molecule has 1 aromatic carbocycles. The van der Waals surface area contributed by atoms with Gasteiger partial charge in [0, 0.05) is 33.1 Å². The minimum absolute atomic E-state index is 0.0102. The Bertz CT molecular complexity index is 575. The Hall–Kier alpha value is -2.28. The average molecular weight is 351 g/mol. The molecule has 0 bridgehead atoms. The normalized spacial score (nSPS) is 10.5. The molecule has 0 aromatic heterocycles. The van der Waals surface area contributed by atoms with Crippen LogP contribution >= 0.6 is 0 Å². The molecule has 140 valence electrons. The quantitative estimate of drug-likeness (QED) is 0.674. The van der Waals surface area contributed by atoms with Crippen LogP contribution in [0.5, 0.6) is 11.5 Å². The molecular weight excluding hydrogens is 322 g/mol. The first-order valence-corrected chi connectivity index (χ1v) is 8.25. The van der Waals surface area contributed by atoms with Crippen molar-refractivity contribution in [2.75, 3.05) is 54.5 Å². The Kier molecular flexibility index (Phi) is 8.77. The molecule has 0 unspecified atom stereocenters. The van der Waals surface area contributed by atoms with Crippen molar-refractivity contribution in [3.05, 3.63) is 23.8 Å². The molecular formula is C18H29N3O4. The largest absolute Gasteiger partial charge is 0.493 e. The maximum atomic E-state index is 12.1. The van der Waals surface area contributed by atoms with Gasteiger partial charge in [-0.05, 0) is 31.8 Å². The number of carbonyl (C=O) groups excluding carboxylic acids is 2. The number of hydrogen-bond donors (Lipinski definition) is 1. The van der Waals surface area contributed by atoms with Crippen LogP contribution in [-0.2, 0) is 16.0 Å². The number of likely N-dealkylation sites (N-methyl/N-ethyl adjacent to an activating group) is 1. The van der Waals surface area contributed by atoms with Crippen molar-refractivity contribution in [1.82, 2.24) is 15.1 Å². The minimum Gasteiger partial charge on any atom is -0.493 e. The maximum Gasteiger partial charge on any atom is 0.224 e. The van der Waals surface area contributed by atoms with Gasteiger partial charge in [-0.15, -0.1) is 0 Å². The zero-order valence-corrected chi connectivity index (χ0v) is 15.8. The molecule has 25 heavy (non-hydrogen) atoms. The molecule has 2 amide bonds. The molecule has 1 aromatic rings. The van der Waals surface area contributed by atoms with E-state index in [9.17, 15) is 9.59 Å². The van der Waals surface area contributed by atoms with E-state index in [4.69, 9.17) is 9.47 Å². The summed E-state index contributed by atoms with van der Waals surface area (Å²) in [5.41, 5.74) is 0.839. The number of methoxy groups -OCH3 is 2. The first kappa shape index (κ1) is 20.8. The van der Waals surface area contributed by atoms with Crippen molar-refractivity contribution in [2.24, 2.45) is 0 Å². The third kappa shape index (κ3) is 7.43. The van der Waals surface area contributed by atoms with E-state index in [0.29, 0.717) is 31.1 Å². The molecule has 0 spiro atoms. The molecule has 0 radical (unpaired) electrons. The van der Waals surface area contributed by atoms with E-state index in [2.05, 4.69) is 5.32 Å². The Labute approximate surface area is 149 Å². The summed E-state index contributed by atoms with van der Waals surface area (Å²) in [5.74, 6) is 1.14. The van der Waals surface area contributed by atoms with Gasteiger partial charge in [-0.1, -0.05) is 6.07 Å². The number of hydrogen-bond acceptors (Lipinski definition) is 5. The number of rotatable bonds is 10. The number of benzene rings is 1. The minimum atomic E-state index is -0.0941. The number of nitrogens with zero attached hydrogens (tertiary/aromatic N) is 2. The van der Waals surface area contributed by atoms with Crippen LogP contribution in [0, 0.1) is 0 Å². The number of nitrogens with one attached hydrogen (secondary N) is 1. The van der Waals surface area contributed by atoms with E-state index in [1.807, 2.05) is 25.1 Å². The van der Waals surface area contributed by atoms with Crippen molar-refractivity contribution in [3.8, 4) is 11.5 Å². The number of carbonyl (C=O) groups is 2. The van der Waals surface area contributed by atoms with Gasteiger partial charge in [0.1, 0.15) is 0 Å². The number of amides is 2. The van der Waals surface area contributed by atoms with E-state index >= 15 is 0 Å². The molecule has 7 nitrogen and oxygen atoms in total. The van der Waals surface area contributed by atoms with Crippen LogP contribution in [0.4, 0.5) is 0 Å². The fourth-order valence-corrected chi connectivity index (χ4v) is 2.32. The summed E-state index contributed by atoms with van der Waals surface area (Å²) in [7, 11) is 7.06. The Morgan fingerprint density at radius 1 is 1.04 bits per heavy atom. The van der Waals surface area contributed by atoms with Gasteiger partial charge in [-0.2, -0.15) is 0 Å². The average Bonchev–Trinajstić information content (AvgIpc) is 2.57. The summed E-state index contributed by atoms with van der Waals surface area (Å²) in [6.45, 7) is 3.91. The standard InChI is InChI=1S/C18H29N3O4/c1-14(22)21(11-10-20(2)3)9-8-19-18(23)13-15-6-7-16(24-4)17(12-15)25-5/h6-7,12H,8-11,13H2,1-5H3,(H,19,23). The van der Waals surface area contributed by atoms with E-state index in [1.165, 1.54) is 0 Å². The maximum absolute atomic E-state index is 12.1. The summed E-state index contributed by atoms with van der Waals surface area (Å²) >= 11 is 0. The molecule has 0 atom stereocenters. The summed E-state index contributed by atoms with van der Waals surface area (Å²) < 4.78 is 10.4. The van der Waals surface area contributed by atoms with Gasteiger partial charge in [-0.3, -0.25) is 9.59 Å². The Morgan fingerprint density at radius 3 is 2.28 bits per heavy atom. The topological polar surface area (TPSA) is 71.1 Å². The van der Waals surface area contributed by atoms with Crippen LogP contribution in [0.25, 0.3) is 0 Å². The zero-order chi connectivity index (χ0) is 18.8. The summed E-state index contributed by atoms with van der Waals surface area (Å²) in [5, 5.41) is 2.85. The lowest BCUT2D eigenvalue weighted by Crippen LogP contribution is -2.41. The second-order valence-corrected chi connectivity index (χ2v) is 6.03. The van der Waals surface area contributed by atoms with Crippen LogP contribution in [0.3, 0.4) is 0 Å². The zero-order valence-electron chi connectivity index (χ0n) is 15.8. The highest BCUT2D eigenvalue weighted by Gasteiger charge is 2.11. The molecule has 0 aliphatic rings. The third-order valence-corrected chi connectivity index (χ3v) is 3.78. The third-order valence-electron chi connectivity index (χ3n) is 3.78. The van der Waals surface area contributed by atoms with Crippen molar-refractivity contribution in [1.29, 1.82) is 0 Å². The molecule has 0 saturated carbocycles. The highest BCUT2D eigenvalue weighted by molar-refractivity contribution is 5.79. The monoisotopic (exact) mass is 351 g/mol. The van der Waals surface area contributed by atoms with Crippen molar-refractivity contribution in [2.45, 2.75) is 13.3 Å². The van der Waals surface area contributed by atoms with Crippen LogP contribution in [0.15, 0.2) is 18.2 Å². The van der Waals surface area contributed by atoms with Gasteiger partial charge < -0.3 is 24.6 Å². The van der Waals surface area contributed by atoms with Gasteiger partial charge in [-0.25, -0.2) is 0 Å². The first-order valence-electron chi connectivity index (χ1n) is 8.25. The summed E-state index contributed by atoms with van der Waals surface area (Å²) in [6.07, 6.45) is 0.248. The molecule has 0 aliphatic heterocycles. The lowest BCUT2D eigenvalue weighted by Gasteiger charge is -2.23. The SMILES string of the molecule is COc1ccc(CC(=O)NCCN(CCN(C)C)C(C)=O)cc1OC. The molecule has 0 aliphatic carbocycles. The van der Waals surface area contributed by atoms with Gasteiger partial charge in [0.05, 0.1) is 20.6 Å². The second-order valence-electron chi connectivity index (χ2n) is 6.03. The Morgan fingerprint density at radius 2 is 1.72 bits per heavy atom. The van der Waals surface area contributed by atoms with Crippen molar-refractivity contribution >= 4 is 11.8 Å². The molecule has 0 fully saturated rings. The van der Waals surface area contributed by atoms with Gasteiger partial charge in [0.25, 0.3) is 0 Å².